The molecule has 0 unspecified atom stereocenters. The fourth-order valence-electron chi connectivity index (χ4n) is 2.07. The lowest BCUT2D eigenvalue weighted by Crippen LogP contribution is -2.25. The van der Waals surface area contributed by atoms with Crippen LogP contribution >= 0.6 is 0 Å². The number of benzene rings is 1. The Morgan fingerprint density at radius 1 is 0.750 bits per heavy atom. The Morgan fingerprint density at radius 2 is 1.31 bits per heavy atom. The Labute approximate surface area is 92.9 Å². The minimum atomic E-state index is -1.13. The molecule has 4 heteroatoms. The van der Waals surface area contributed by atoms with Gasteiger partial charge < -0.3 is 4.90 Å². The quantitative estimate of drug-likeness (QED) is 0.666. The van der Waals surface area contributed by atoms with Crippen molar-refractivity contribution in [3.63, 3.8) is 0 Å². The first-order valence-corrected chi connectivity index (χ1v) is 5.58. The summed E-state index contributed by atoms with van der Waals surface area (Å²) in [7, 11) is 0. The van der Waals surface area contributed by atoms with Gasteiger partial charge in [0.1, 0.15) is 5.82 Å². The molecular formula is C12H14F3N. The van der Waals surface area contributed by atoms with E-state index in [0.717, 1.165) is 31.7 Å². The van der Waals surface area contributed by atoms with Gasteiger partial charge in [0.25, 0.3) is 0 Å². The van der Waals surface area contributed by atoms with E-state index < -0.39 is 17.5 Å². The van der Waals surface area contributed by atoms with Crippen molar-refractivity contribution >= 4 is 5.69 Å². The van der Waals surface area contributed by atoms with Crippen LogP contribution in [0.2, 0.25) is 0 Å². The Hall–Kier alpha value is -1.19. The summed E-state index contributed by atoms with van der Waals surface area (Å²) in [5.74, 6) is -2.79. The molecule has 1 aromatic rings. The van der Waals surface area contributed by atoms with Crippen LogP contribution in [0.4, 0.5) is 18.9 Å². The largest absolute Gasteiger partial charge is 0.369 e. The van der Waals surface area contributed by atoms with Gasteiger partial charge >= 0.3 is 0 Å². The van der Waals surface area contributed by atoms with Crippen molar-refractivity contribution in [1.82, 2.24) is 0 Å². The maximum atomic E-state index is 13.5. The summed E-state index contributed by atoms with van der Waals surface area (Å²) in [6.07, 6.45) is 4.17. The van der Waals surface area contributed by atoms with Crippen molar-refractivity contribution < 1.29 is 13.2 Å². The fraction of sp³-hybridized carbons (Fsp3) is 0.500. The van der Waals surface area contributed by atoms with Crippen LogP contribution in [0, 0.1) is 17.5 Å². The zero-order valence-corrected chi connectivity index (χ0v) is 8.98. The van der Waals surface area contributed by atoms with Gasteiger partial charge in [0.15, 0.2) is 11.6 Å². The van der Waals surface area contributed by atoms with Gasteiger partial charge in [0.05, 0.1) is 5.69 Å². The number of rotatable bonds is 1. The number of anilines is 1. The summed E-state index contributed by atoms with van der Waals surface area (Å²) >= 11 is 0. The molecule has 0 aromatic heterocycles. The van der Waals surface area contributed by atoms with Crippen LogP contribution in [0.1, 0.15) is 25.7 Å². The zero-order chi connectivity index (χ0) is 11.5. The van der Waals surface area contributed by atoms with E-state index in [1.807, 2.05) is 0 Å². The molecule has 1 aliphatic heterocycles. The Bertz CT molecular complexity index is 371. The fourth-order valence-corrected chi connectivity index (χ4v) is 2.07. The lowest BCUT2D eigenvalue weighted by atomic mass is 10.2. The third kappa shape index (κ3) is 2.31. The van der Waals surface area contributed by atoms with Crippen molar-refractivity contribution in [2.45, 2.75) is 25.7 Å². The second kappa shape index (κ2) is 4.76. The van der Waals surface area contributed by atoms with E-state index in [1.165, 1.54) is 0 Å². The third-order valence-corrected chi connectivity index (χ3v) is 2.94. The highest BCUT2D eigenvalue weighted by Gasteiger charge is 2.16. The minimum Gasteiger partial charge on any atom is -0.369 e. The minimum absolute atomic E-state index is 0.181. The molecule has 1 heterocycles. The van der Waals surface area contributed by atoms with Crippen molar-refractivity contribution in [2.75, 3.05) is 18.0 Å². The molecule has 0 aliphatic carbocycles. The van der Waals surface area contributed by atoms with Gasteiger partial charge in [0.2, 0.25) is 0 Å². The van der Waals surface area contributed by atoms with Crippen LogP contribution in [-0.4, -0.2) is 13.1 Å². The zero-order valence-electron chi connectivity index (χ0n) is 8.98. The Balaban J connectivity index is 2.27. The molecule has 0 saturated carbocycles. The summed E-state index contributed by atoms with van der Waals surface area (Å²) in [6, 6.07) is 1.57. The molecule has 0 radical (unpaired) electrons. The van der Waals surface area contributed by atoms with Crippen LogP contribution in [-0.2, 0) is 0 Å². The van der Waals surface area contributed by atoms with Crippen LogP contribution in [0.5, 0.6) is 0 Å². The van der Waals surface area contributed by atoms with E-state index >= 15 is 0 Å². The summed E-state index contributed by atoms with van der Waals surface area (Å²) < 4.78 is 39.3. The first-order valence-electron chi connectivity index (χ1n) is 5.58. The number of nitrogens with zero attached hydrogens (tertiary/aromatic N) is 1. The van der Waals surface area contributed by atoms with Gasteiger partial charge in [-0.3, -0.25) is 0 Å². The molecule has 1 saturated heterocycles. The highest BCUT2D eigenvalue weighted by molar-refractivity contribution is 5.48. The van der Waals surface area contributed by atoms with Crippen molar-refractivity contribution in [2.24, 2.45) is 0 Å². The van der Waals surface area contributed by atoms with E-state index in [-0.39, 0.29) is 5.69 Å². The SMILES string of the molecule is Fc1cc(F)c(N2CCCCCC2)cc1F. The first-order chi connectivity index (χ1) is 7.68. The maximum absolute atomic E-state index is 13.5. The number of hydrogen-bond acceptors (Lipinski definition) is 1. The third-order valence-electron chi connectivity index (χ3n) is 2.94. The van der Waals surface area contributed by atoms with Crippen LogP contribution in [0.25, 0.3) is 0 Å². The van der Waals surface area contributed by atoms with Crippen molar-refractivity contribution in [3.05, 3.63) is 29.6 Å². The Morgan fingerprint density at radius 3 is 1.94 bits per heavy atom. The van der Waals surface area contributed by atoms with E-state index in [9.17, 15) is 13.2 Å². The average Bonchev–Trinajstić information content (AvgIpc) is 2.52. The molecular weight excluding hydrogens is 215 g/mol. The van der Waals surface area contributed by atoms with Crippen molar-refractivity contribution in [1.29, 1.82) is 0 Å². The number of hydrogen-bond donors (Lipinski definition) is 0. The van der Waals surface area contributed by atoms with Crippen molar-refractivity contribution in [3.8, 4) is 0 Å². The highest BCUT2D eigenvalue weighted by atomic mass is 19.2. The van der Waals surface area contributed by atoms with Crippen LogP contribution < -0.4 is 4.90 Å². The highest BCUT2D eigenvalue weighted by Crippen LogP contribution is 2.25. The van der Waals surface area contributed by atoms with Gasteiger partial charge in [-0.2, -0.15) is 0 Å². The number of halogens is 3. The van der Waals surface area contributed by atoms with E-state index in [0.29, 0.717) is 19.2 Å². The second-order valence-electron chi connectivity index (χ2n) is 4.12. The van der Waals surface area contributed by atoms with E-state index in [2.05, 4.69) is 0 Å². The van der Waals surface area contributed by atoms with Crippen LogP contribution in [0.15, 0.2) is 12.1 Å². The normalized spacial score (nSPS) is 17.3. The summed E-state index contributed by atoms with van der Waals surface area (Å²) in [6.45, 7) is 1.42. The van der Waals surface area contributed by atoms with Gasteiger partial charge in [-0.05, 0) is 12.8 Å². The Kier molecular flexibility index (Phi) is 3.36. The van der Waals surface area contributed by atoms with Gasteiger partial charge in [-0.15, -0.1) is 0 Å². The molecule has 0 N–H and O–H groups in total. The molecule has 2 rings (SSSR count). The molecule has 0 amide bonds. The van der Waals surface area contributed by atoms with E-state index in [1.54, 1.807) is 4.90 Å². The molecule has 0 bridgehead atoms. The topological polar surface area (TPSA) is 3.24 Å². The van der Waals surface area contributed by atoms with Gasteiger partial charge in [0, 0.05) is 25.2 Å². The molecule has 0 atom stereocenters. The summed E-state index contributed by atoms with van der Waals surface area (Å²) in [5, 5.41) is 0. The molecule has 1 nitrogen and oxygen atoms in total. The second-order valence-corrected chi connectivity index (χ2v) is 4.12. The lowest BCUT2D eigenvalue weighted by Gasteiger charge is -2.23. The van der Waals surface area contributed by atoms with Gasteiger partial charge in [-0.25, -0.2) is 13.2 Å². The molecule has 16 heavy (non-hydrogen) atoms. The first kappa shape index (κ1) is 11.3. The summed E-state index contributed by atoms with van der Waals surface area (Å²) in [5.41, 5.74) is 0.181. The van der Waals surface area contributed by atoms with Crippen LogP contribution in [0.3, 0.4) is 0 Å². The lowest BCUT2D eigenvalue weighted by molar-refractivity contribution is 0.493. The van der Waals surface area contributed by atoms with Gasteiger partial charge in [-0.1, -0.05) is 12.8 Å². The molecule has 0 spiro atoms. The molecule has 88 valence electrons. The smallest absolute Gasteiger partial charge is 0.161 e. The maximum Gasteiger partial charge on any atom is 0.161 e. The predicted octanol–water partition coefficient (Wildman–Crippen LogP) is 3.48. The molecule has 1 aliphatic rings. The standard InChI is InChI=1S/C12H14F3N/c13-9-7-11(15)12(8-10(9)14)16-5-3-1-2-4-6-16/h7-8H,1-6H2. The monoisotopic (exact) mass is 229 g/mol. The molecule has 1 aromatic carbocycles. The molecule has 1 fully saturated rings. The summed E-state index contributed by atoms with van der Waals surface area (Å²) in [4.78, 5) is 1.80. The average molecular weight is 229 g/mol. The predicted molar refractivity (Wildman–Crippen MR) is 57.0 cm³/mol. The van der Waals surface area contributed by atoms with E-state index in [4.69, 9.17) is 0 Å².